The van der Waals surface area contributed by atoms with Gasteiger partial charge in [-0.3, -0.25) is 4.79 Å². The summed E-state index contributed by atoms with van der Waals surface area (Å²) in [7, 11) is -1.73. The van der Waals surface area contributed by atoms with Gasteiger partial charge in [0.1, 0.15) is 6.54 Å². The van der Waals surface area contributed by atoms with E-state index in [1.165, 1.54) is 23.6 Å². The van der Waals surface area contributed by atoms with E-state index < -0.39 is 15.8 Å². The molecule has 1 heterocycles. The molecule has 0 radical (unpaired) electrons. The Morgan fingerprint density at radius 3 is 2.83 bits per heavy atom. The maximum absolute atomic E-state index is 11.3. The van der Waals surface area contributed by atoms with Gasteiger partial charge in [0.05, 0.1) is 12.9 Å². The zero-order valence-electron chi connectivity index (χ0n) is 10.1. The van der Waals surface area contributed by atoms with Gasteiger partial charge in [-0.05, 0) is 10.4 Å². The van der Waals surface area contributed by atoms with Crippen LogP contribution in [0.2, 0.25) is 0 Å². The number of hydrogen-bond donors (Lipinski definition) is 0. The van der Waals surface area contributed by atoms with Crippen molar-refractivity contribution < 1.29 is 17.9 Å². The largest absolute Gasteiger partial charge is 0.468 e. The van der Waals surface area contributed by atoms with Crippen LogP contribution in [0.25, 0.3) is 0 Å². The van der Waals surface area contributed by atoms with Gasteiger partial charge in [-0.1, -0.05) is 18.7 Å². The van der Waals surface area contributed by atoms with Crippen LogP contribution in [0.1, 0.15) is 6.92 Å². The molecule has 0 aliphatic heterocycles. The minimum atomic E-state index is -3.00. The summed E-state index contributed by atoms with van der Waals surface area (Å²) < 4.78 is 28.3. The number of nitrogens with zero attached hydrogens (tertiary/aromatic N) is 4. The monoisotopic (exact) mass is 294 g/mol. The van der Waals surface area contributed by atoms with Crippen molar-refractivity contribution in [2.24, 2.45) is 0 Å². The van der Waals surface area contributed by atoms with Gasteiger partial charge in [0.2, 0.25) is 5.16 Å². The number of hydrogen-bond acceptors (Lipinski definition) is 8. The Balaban J connectivity index is 2.53. The highest BCUT2D eigenvalue weighted by atomic mass is 32.2. The van der Waals surface area contributed by atoms with Crippen LogP contribution in [-0.2, 0) is 25.9 Å². The molecule has 0 N–H and O–H groups in total. The summed E-state index contributed by atoms with van der Waals surface area (Å²) in [5, 5.41) is 11.2. The topological polar surface area (TPSA) is 104 Å². The highest BCUT2D eigenvalue weighted by Crippen LogP contribution is 2.14. The predicted octanol–water partition coefficient (Wildman–Crippen LogP) is -0.627. The molecule has 0 unspecified atom stereocenters. The van der Waals surface area contributed by atoms with Gasteiger partial charge >= 0.3 is 5.97 Å². The first-order chi connectivity index (χ1) is 8.48. The first kappa shape index (κ1) is 14.9. The average Bonchev–Trinajstić information content (AvgIpc) is 2.76. The molecule has 0 saturated carbocycles. The summed E-state index contributed by atoms with van der Waals surface area (Å²) in [5.74, 6) is 0.0443. The minimum absolute atomic E-state index is 0.0548. The number of carbonyl (C=O) groups excluding carboxylic acids is 1. The van der Waals surface area contributed by atoms with Gasteiger partial charge in [-0.25, -0.2) is 13.1 Å². The summed E-state index contributed by atoms with van der Waals surface area (Å²) in [6, 6.07) is 0. The summed E-state index contributed by atoms with van der Waals surface area (Å²) in [4.78, 5) is 11.1. The number of tetrazole rings is 1. The van der Waals surface area contributed by atoms with E-state index in [1.807, 2.05) is 0 Å². The molecular weight excluding hydrogens is 280 g/mol. The Hall–Kier alpha value is -1.16. The normalized spacial score (nSPS) is 11.4. The Kier molecular flexibility index (Phi) is 5.54. The van der Waals surface area contributed by atoms with Crippen molar-refractivity contribution in [3.8, 4) is 0 Å². The predicted molar refractivity (Wildman–Crippen MR) is 64.9 cm³/mol. The van der Waals surface area contributed by atoms with Crippen LogP contribution >= 0.6 is 11.8 Å². The number of rotatable bonds is 7. The fraction of sp³-hybridized carbons (Fsp3) is 0.750. The molecule has 0 saturated heterocycles. The zero-order valence-corrected chi connectivity index (χ0v) is 11.7. The van der Waals surface area contributed by atoms with Crippen molar-refractivity contribution in [1.82, 2.24) is 20.2 Å². The van der Waals surface area contributed by atoms with Gasteiger partial charge in [-0.2, -0.15) is 0 Å². The number of carbonyl (C=O) groups is 1. The van der Waals surface area contributed by atoms with Crippen LogP contribution in [0.3, 0.4) is 0 Å². The van der Waals surface area contributed by atoms with E-state index >= 15 is 0 Å². The molecule has 102 valence electrons. The lowest BCUT2D eigenvalue weighted by atomic mass is 10.7. The van der Waals surface area contributed by atoms with E-state index in [0.717, 1.165) is 0 Å². The van der Waals surface area contributed by atoms with E-state index in [1.54, 1.807) is 6.92 Å². The lowest BCUT2D eigenvalue weighted by Crippen LogP contribution is -2.15. The molecule has 1 aromatic heterocycles. The minimum Gasteiger partial charge on any atom is -0.468 e. The second kappa shape index (κ2) is 6.69. The number of esters is 1. The molecule has 0 fully saturated rings. The van der Waals surface area contributed by atoms with Crippen LogP contribution < -0.4 is 0 Å². The number of ether oxygens (including phenoxy) is 1. The summed E-state index contributed by atoms with van der Waals surface area (Å²) in [6.07, 6.45) is 0. The average molecular weight is 294 g/mol. The number of thioether (sulfide) groups is 1. The van der Waals surface area contributed by atoms with Crippen LogP contribution in [0, 0.1) is 0 Å². The zero-order chi connectivity index (χ0) is 13.6. The van der Waals surface area contributed by atoms with Crippen LogP contribution in [0.4, 0.5) is 0 Å². The number of methoxy groups -OCH3 is 1. The van der Waals surface area contributed by atoms with Crippen molar-refractivity contribution in [1.29, 1.82) is 0 Å². The smallest absolute Gasteiger partial charge is 0.327 e. The van der Waals surface area contributed by atoms with Gasteiger partial charge in [0, 0.05) is 11.5 Å². The summed E-state index contributed by atoms with van der Waals surface area (Å²) in [6.45, 7) is 1.51. The molecule has 0 aliphatic rings. The van der Waals surface area contributed by atoms with Crippen molar-refractivity contribution in [3.63, 3.8) is 0 Å². The Bertz CT molecular complexity index is 499. The molecule has 0 aromatic carbocycles. The number of sulfone groups is 1. The first-order valence-electron chi connectivity index (χ1n) is 5.14. The SMILES string of the molecule is CCS(=O)(=O)CCSc1nnnn1CC(=O)OC. The van der Waals surface area contributed by atoms with Crippen LogP contribution in [0.5, 0.6) is 0 Å². The molecule has 1 rings (SSSR count). The first-order valence-corrected chi connectivity index (χ1v) is 7.95. The third-order valence-electron chi connectivity index (χ3n) is 2.07. The van der Waals surface area contributed by atoms with Gasteiger partial charge < -0.3 is 4.74 Å². The van der Waals surface area contributed by atoms with E-state index in [-0.39, 0.29) is 18.1 Å². The second-order valence-electron chi connectivity index (χ2n) is 3.28. The van der Waals surface area contributed by atoms with Crippen molar-refractivity contribution in [2.45, 2.75) is 18.6 Å². The fourth-order valence-electron chi connectivity index (χ4n) is 0.990. The van der Waals surface area contributed by atoms with Crippen molar-refractivity contribution in [3.05, 3.63) is 0 Å². The molecule has 0 spiro atoms. The lowest BCUT2D eigenvalue weighted by Gasteiger charge is -2.03. The summed E-state index contributed by atoms with van der Waals surface area (Å²) >= 11 is 1.19. The maximum Gasteiger partial charge on any atom is 0.327 e. The Morgan fingerprint density at radius 2 is 2.22 bits per heavy atom. The quantitative estimate of drug-likeness (QED) is 0.484. The van der Waals surface area contributed by atoms with E-state index in [4.69, 9.17) is 0 Å². The van der Waals surface area contributed by atoms with Gasteiger partial charge in [-0.15, -0.1) is 5.10 Å². The van der Waals surface area contributed by atoms with E-state index in [2.05, 4.69) is 20.3 Å². The van der Waals surface area contributed by atoms with Gasteiger partial charge in [0.15, 0.2) is 9.84 Å². The molecule has 0 atom stereocenters. The Labute approximate surface area is 109 Å². The molecule has 1 aromatic rings. The molecule has 8 nitrogen and oxygen atoms in total. The van der Waals surface area contributed by atoms with E-state index in [9.17, 15) is 13.2 Å². The molecule has 18 heavy (non-hydrogen) atoms. The molecular formula is C8H14N4O4S2. The highest BCUT2D eigenvalue weighted by Gasteiger charge is 2.13. The standard InChI is InChI=1S/C8H14N4O4S2/c1-3-18(14,15)5-4-17-8-9-10-11-12(8)6-7(13)16-2/h3-6H2,1-2H3. The van der Waals surface area contributed by atoms with Gasteiger partial charge in [0.25, 0.3) is 0 Å². The van der Waals surface area contributed by atoms with Crippen molar-refractivity contribution in [2.75, 3.05) is 24.4 Å². The van der Waals surface area contributed by atoms with E-state index in [0.29, 0.717) is 10.9 Å². The molecule has 10 heteroatoms. The molecule has 0 amide bonds. The van der Waals surface area contributed by atoms with Crippen LogP contribution in [-0.4, -0.2) is 59.0 Å². The number of aromatic nitrogens is 4. The Morgan fingerprint density at radius 1 is 1.50 bits per heavy atom. The third-order valence-corrected chi connectivity index (χ3v) is 4.99. The molecule has 0 aliphatic carbocycles. The fourth-order valence-corrected chi connectivity index (χ4v) is 3.15. The van der Waals surface area contributed by atoms with Crippen molar-refractivity contribution >= 4 is 27.6 Å². The highest BCUT2D eigenvalue weighted by molar-refractivity contribution is 8.00. The lowest BCUT2D eigenvalue weighted by molar-refractivity contribution is -0.141. The third kappa shape index (κ3) is 4.61. The summed E-state index contributed by atoms with van der Waals surface area (Å²) in [5.41, 5.74) is 0. The van der Waals surface area contributed by atoms with Crippen LogP contribution in [0.15, 0.2) is 5.16 Å². The molecule has 0 bridgehead atoms. The second-order valence-corrected chi connectivity index (χ2v) is 6.81. The maximum atomic E-state index is 11.3.